The van der Waals surface area contributed by atoms with Gasteiger partial charge >= 0.3 is 0 Å². The van der Waals surface area contributed by atoms with Crippen molar-refractivity contribution >= 4 is 27.5 Å². The summed E-state index contributed by atoms with van der Waals surface area (Å²) in [4.78, 5) is 13.9. The van der Waals surface area contributed by atoms with Crippen LogP contribution in [-0.4, -0.2) is 50.4 Å². The Balaban J connectivity index is 1.77. The number of likely N-dealkylation sites (N-methyl/N-ethyl adjacent to an activating group) is 1. The molecule has 0 bridgehead atoms. The number of amides is 1. The molecule has 0 radical (unpaired) electrons. The molecule has 1 saturated heterocycles. The van der Waals surface area contributed by atoms with Crippen LogP contribution in [0.5, 0.6) is 0 Å². The zero-order chi connectivity index (χ0) is 14.4. The summed E-state index contributed by atoms with van der Waals surface area (Å²) in [5.74, 6) is -0.0357. The lowest BCUT2D eigenvalue weighted by molar-refractivity contribution is -0.144. The van der Waals surface area contributed by atoms with Crippen LogP contribution in [-0.2, 0) is 14.3 Å². The molecular weight excluding hydrogens is 324 g/mol. The molecule has 1 aromatic carbocycles. The number of para-hydroxylation sites is 1. The Labute approximate surface area is 127 Å². The monoisotopic (exact) mass is 342 g/mol. The van der Waals surface area contributed by atoms with Crippen molar-refractivity contribution in [1.82, 2.24) is 4.90 Å². The maximum Gasteiger partial charge on any atom is 0.238 e. The van der Waals surface area contributed by atoms with Crippen molar-refractivity contribution in [2.24, 2.45) is 0 Å². The topological polar surface area (TPSA) is 50.8 Å². The van der Waals surface area contributed by atoms with E-state index in [9.17, 15) is 4.79 Å². The molecular formula is C14H19BrN2O3. The molecule has 1 aromatic rings. The van der Waals surface area contributed by atoms with E-state index in [1.807, 2.05) is 36.2 Å². The third-order valence-corrected chi connectivity index (χ3v) is 3.74. The number of halogens is 1. The van der Waals surface area contributed by atoms with Gasteiger partial charge in [0, 0.05) is 11.0 Å². The van der Waals surface area contributed by atoms with Crippen LogP contribution in [0.25, 0.3) is 0 Å². The summed E-state index contributed by atoms with van der Waals surface area (Å²) in [5, 5.41) is 2.89. The van der Waals surface area contributed by atoms with E-state index in [2.05, 4.69) is 21.2 Å². The molecule has 1 heterocycles. The van der Waals surface area contributed by atoms with Gasteiger partial charge in [0.15, 0.2) is 0 Å². The lowest BCUT2D eigenvalue weighted by atomic mass is 10.2. The molecule has 1 aliphatic rings. The summed E-state index contributed by atoms with van der Waals surface area (Å²) in [6.45, 7) is 2.14. The summed E-state index contributed by atoms with van der Waals surface area (Å²) in [5.41, 5.74) is 0.785. The van der Waals surface area contributed by atoms with Gasteiger partial charge in [0.2, 0.25) is 5.91 Å². The normalized spacial score (nSPS) is 19.1. The smallest absolute Gasteiger partial charge is 0.238 e. The van der Waals surface area contributed by atoms with Crippen molar-refractivity contribution in [3.8, 4) is 0 Å². The van der Waals surface area contributed by atoms with Crippen LogP contribution in [0.15, 0.2) is 28.7 Å². The van der Waals surface area contributed by atoms with E-state index in [1.54, 1.807) is 0 Å². The van der Waals surface area contributed by atoms with Crippen LogP contribution < -0.4 is 5.32 Å². The fourth-order valence-corrected chi connectivity index (χ4v) is 2.44. The van der Waals surface area contributed by atoms with Gasteiger partial charge in [0.1, 0.15) is 6.79 Å². The highest BCUT2D eigenvalue weighted by Gasteiger charge is 2.17. The summed E-state index contributed by atoms with van der Waals surface area (Å²) >= 11 is 3.41. The molecule has 1 aliphatic heterocycles. The number of benzene rings is 1. The second-order valence-electron chi connectivity index (χ2n) is 4.83. The third-order valence-electron chi connectivity index (χ3n) is 3.05. The van der Waals surface area contributed by atoms with Crippen molar-refractivity contribution in [2.75, 3.05) is 38.9 Å². The zero-order valence-corrected chi connectivity index (χ0v) is 13.1. The molecule has 1 N–H and O–H groups in total. The maximum atomic E-state index is 12.0. The Morgan fingerprint density at radius 1 is 1.50 bits per heavy atom. The third kappa shape index (κ3) is 4.86. The lowest BCUT2D eigenvalue weighted by Crippen LogP contribution is -2.39. The van der Waals surface area contributed by atoms with Crippen molar-refractivity contribution < 1.29 is 14.3 Å². The van der Waals surface area contributed by atoms with Gasteiger partial charge in [-0.1, -0.05) is 12.1 Å². The van der Waals surface area contributed by atoms with E-state index in [4.69, 9.17) is 9.47 Å². The lowest BCUT2D eigenvalue weighted by Gasteiger charge is -2.27. The van der Waals surface area contributed by atoms with Gasteiger partial charge in [0.05, 0.1) is 24.9 Å². The Kier molecular flexibility index (Phi) is 5.97. The van der Waals surface area contributed by atoms with Crippen LogP contribution in [0, 0.1) is 0 Å². The molecule has 0 aromatic heterocycles. The van der Waals surface area contributed by atoms with Crippen LogP contribution in [0.3, 0.4) is 0 Å². The highest BCUT2D eigenvalue weighted by molar-refractivity contribution is 9.10. The number of carbonyl (C=O) groups is 1. The standard InChI is InChI=1S/C14H19BrN2O3/c1-17(8-11-6-7-19-10-20-11)9-14(18)16-13-5-3-2-4-12(13)15/h2-5,11H,6-10H2,1H3,(H,16,18). The molecule has 1 unspecified atom stereocenters. The molecule has 1 atom stereocenters. The van der Waals surface area contributed by atoms with E-state index in [0.29, 0.717) is 13.3 Å². The number of hydrogen-bond acceptors (Lipinski definition) is 4. The summed E-state index contributed by atoms with van der Waals surface area (Å²) < 4.78 is 11.5. The number of carbonyl (C=O) groups excluding carboxylic acids is 1. The Hall–Kier alpha value is -0.950. The van der Waals surface area contributed by atoms with Crippen molar-refractivity contribution in [3.05, 3.63) is 28.7 Å². The second-order valence-corrected chi connectivity index (χ2v) is 5.68. The summed E-state index contributed by atoms with van der Waals surface area (Å²) in [6.07, 6.45) is 1.01. The summed E-state index contributed by atoms with van der Waals surface area (Å²) in [6, 6.07) is 7.56. The zero-order valence-electron chi connectivity index (χ0n) is 11.5. The largest absolute Gasteiger partial charge is 0.355 e. The van der Waals surface area contributed by atoms with Crippen LogP contribution in [0.4, 0.5) is 5.69 Å². The molecule has 110 valence electrons. The quantitative estimate of drug-likeness (QED) is 0.890. The van der Waals surface area contributed by atoms with Crippen molar-refractivity contribution in [3.63, 3.8) is 0 Å². The highest BCUT2D eigenvalue weighted by atomic mass is 79.9. The molecule has 0 aliphatic carbocycles. The van der Waals surface area contributed by atoms with Gasteiger partial charge < -0.3 is 14.8 Å². The minimum Gasteiger partial charge on any atom is -0.355 e. The van der Waals surface area contributed by atoms with Gasteiger partial charge in [0.25, 0.3) is 0 Å². The molecule has 6 heteroatoms. The minimum atomic E-state index is -0.0357. The van der Waals surface area contributed by atoms with E-state index in [0.717, 1.165) is 29.7 Å². The molecule has 1 fully saturated rings. The first-order valence-corrected chi connectivity index (χ1v) is 7.36. The molecule has 0 spiro atoms. The van der Waals surface area contributed by atoms with Crippen molar-refractivity contribution in [2.45, 2.75) is 12.5 Å². The Morgan fingerprint density at radius 2 is 2.30 bits per heavy atom. The predicted octanol–water partition coefficient (Wildman–Crippen LogP) is 2.08. The molecule has 1 amide bonds. The van der Waals surface area contributed by atoms with Crippen molar-refractivity contribution in [1.29, 1.82) is 0 Å². The molecule has 2 rings (SSSR count). The number of rotatable bonds is 5. The minimum absolute atomic E-state index is 0.0357. The number of ether oxygens (including phenoxy) is 2. The summed E-state index contributed by atoms with van der Waals surface area (Å²) in [7, 11) is 1.92. The van der Waals surface area contributed by atoms with E-state index < -0.39 is 0 Å². The number of nitrogens with one attached hydrogen (secondary N) is 1. The number of anilines is 1. The highest BCUT2D eigenvalue weighted by Crippen LogP contribution is 2.21. The van der Waals surface area contributed by atoms with E-state index >= 15 is 0 Å². The number of hydrogen-bond donors (Lipinski definition) is 1. The Morgan fingerprint density at radius 3 is 3.00 bits per heavy atom. The fourth-order valence-electron chi connectivity index (χ4n) is 2.06. The first-order valence-electron chi connectivity index (χ1n) is 6.57. The van der Waals surface area contributed by atoms with Gasteiger partial charge in [-0.3, -0.25) is 9.69 Å². The average molecular weight is 343 g/mol. The Bertz CT molecular complexity index is 450. The van der Waals surface area contributed by atoms with Gasteiger partial charge in [-0.2, -0.15) is 0 Å². The first kappa shape index (κ1) is 15.4. The van der Waals surface area contributed by atoms with E-state index in [1.165, 1.54) is 0 Å². The van der Waals surface area contributed by atoms with Gasteiger partial charge in [-0.05, 0) is 41.5 Å². The fraction of sp³-hybridized carbons (Fsp3) is 0.500. The van der Waals surface area contributed by atoms with Crippen LogP contribution in [0.2, 0.25) is 0 Å². The van der Waals surface area contributed by atoms with Gasteiger partial charge in [-0.25, -0.2) is 0 Å². The molecule has 0 saturated carbocycles. The SMILES string of the molecule is CN(CC(=O)Nc1ccccc1Br)CC1CCOCO1. The molecule has 20 heavy (non-hydrogen) atoms. The first-order chi connectivity index (χ1) is 9.65. The van der Waals surface area contributed by atoms with E-state index in [-0.39, 0.29) is 12.0 Å². The van der Waals surface area contributed by atoms with Crippen LogP contribution in [0.1, 0.15) is 6.42 Å². The predicted molar refractivity (Wildman–Crippen MR) is 80.6 cm³/mol. The second kappa shape index (κ2) is 7.73. The molecule has 5 nitrogen and oxygen atoms in total. The van der Waals surface area contributed by atoms with Gasteiger partial charge in [-0.15, -0.1) is 0 Å². The number of nitrogens with zero attached hydrogens (tertiary/aromatic N) is 1. The average Bonchev–Trinajstić information content (AvgIpc) is 2.42. The van der Waals surface area contributed by atoms with Crippen LogP contribution >= 0.6 is 15.9 Å². The maximum absolute atomic E-state index is 12.0.